The first-order valence-corrected chi connectivity index (χ1v) is 9.55. The van der Waals surface area contributed by atoms with E-state index in [0.29, 0.717) is 19.3 Å². The predicted molar refractivity (Wildman–Crippen MR) is 88.7 cm³/mol. The van der Waals surface area contributed by atoms with E-state index >= 15 is 0 Å². The summed E-state index contributed by atoms with van der Waals surface area (Å²) in [6.07, 6.45) is 2.21. The Kier molecular flexibility index (Phi) is 6.71. The summed E-state index contributed by atoms with van der Waals surface area (Å²) in [5.41, 5.74) is 0. The number of aliphatic hydroxyl groups excluding tert-OH is 2. The van der Waals surface area contributed by atoms with Crippen molar-refractivity contribution in [1.82, 2.24) is 0 Å². The third-order valence-electron chi connectivity index (χ3n) is 5.43. The van der Waals surface area contributed by atoms with Gasteiger partial charge in [0.25, 0.3) is 0 Å². The fraction of sp³-hybridized carbons (Fsp3) is 1.00. The van der Waals surface area contributed by atoms with Crippen LogP contribution in [0.25, 0.3) is 0 Å². The van der Waals surface area contributed by atoms with Gasteiger partial charge in [0, 0.05) is 19.3 Å². The van der Waals surface area contributed by atoms with Crippen molar-refractivity contribution in [3.05, 3.63) is 0 Å². The first kappa shape index (κ1) is 19.5. The predicted octanol–water partition coefficient (Wildman–Crippen LogP) is 1.68. The Labute approximate surface area is 149 Å². The molecule has 3 saturated heterocycles. The zero-order valence-electron chi connectivity index (χ0n) is 15.4. The standard InChI is InChI=1S/C18H32O7/c1-10-13(19)4-8-17(22-10)25-15-6-9-18(23-12(15)3)24-14-5-7-16(20)21-11(14)2/h10-20H,4-9H2,1-3H3/t10?,11?,12?,13?,14?,15?,16-,17+,18+/m0/s1. The maximum absolute atomic E-state index is 9.73. The second-order valence-corrected chi connectivity index (χ2v) is 7.49. The highest BCUT2D eigenvalue weighted by atomic mass is 16.7. The minimum Gasteiger partial charge on any atom is -0.390 e. The molecular formula is C18H32O7. The minimum absolute atomic E-state index is 0.0332. The van der Waals surface area contributed by atoms with E-state index in [2.05, 4.69) is 0 Å². The second-order valence-electron chi connectivity index (χ2n) is 7.49. The van der Waals surface area contributed by atoms with E-state index in [0.717, 1.165) is 19.3 Å². The quantitative estimate of drug-likeness (QED) is 0.789. The monoisotopic (exact) mass is 360 g/mol. The summed E-state index contributed by atoms with van der Waals surface area (Å²) in [5, 5.41) is 19.3. The lowest BCUT2D eigenvalue weighted by atomic mass is 10.0. The van der Waals surface area contributed by atoms with Gasteiger partial charge in [-0.3, -0.25) is 0 Å². The summed E-state index contributed by atoms with van der Waals surface area (Å²) in [6.45, 7) is 5.78. The maximum Gasteiger partial charge on any atom is 0.158 e. The Morgan fingerprint density at radius 3 is 1.72 bits per heavy atom. The molecule has 146 valence electrons. The number of rotatable bonds is 4. The van der Waals surface area contributed by atoms with Crippen molar-refractivity contribution in [2.75, 3.05) is 0 Å². The molecule has 0 aromatic carbocycles. The van der Waals surface area contributed by atoms with Gasteiger partial charge in [-0.2, -0.15) is 0 Å². The van der Waals surface area contributed by atoms with Crippen LogP contribution in [-0.2, 0) is 23.7 Å². The summed E-state index contributed by atoms with van der Waals surface area (Å²) in [6, 6.07) is 0. The van der Waals surface area contributed by atoms with Gasteiger partial charge < -0.3 is 33.9 Å². The fourth-order valence-electron chi connectivity index (χ4n) is 3.76. The molecule has 9 atom stereocenters. The molecule has 25 heavy (non-hydrogen) atoms. The minimum atomic E-state index is -0.685. The number of aliphatic hydroxyl groups is 2. The molecule has 3 heterocycles. The molecule has 0 radical (unpaired) electrons. The van der Waals surface area contributed by atoms with Crippen LogP contribution in [0.2, 0.25) is 0 Å². The van der Waals surface area contributed by atoms with Crippen molar-refractivity contribution in [2.45, 2.75) is 115 Å². The van der Waals surface area contributed by atoms with Crippen molar-refractivity contribution in [3.63, 3.8) is 0 Å². The molecule has 7 nitrogen and oxygen atoms in total. The van der Waals surface area contributed by atoms with Crippen molar-refractivity contribution in [3.8, 4) is 0 Å². The Morgan fingerprint density at radius 2 is 1.16 bits per heavy atom. The molecular weight excluding hydrogens is 328 g/mol. The van der Waals surface area contributed by atoms with E-state index in [1.54, 1.807) is 0 Å². The molecule has 3 aliphatic rings. The van der Waals surface area contributed by atoms with Crippen molar-refractivity contribution in [1.29, 1.82) is 0 Å². The number of ether oxygens (including phenoxy) is 5. The largest absolute Gasteiger partial charge is 0.390 e. The lowest BCUT2D eigenvalue weighted by Gasteiger charge is -2.41. The molecule has 0 aliphatic carbocycles. The van der Waals surface area contributed by atoms with Crippen LogP contribution in [0.1, 0.15) is 59.3 Å². The Balaban J connectivity index is 1.43. The zero-order chi connectivity index (χ0) is 18.0. The molecule has 0 spiro atoms. The van der Waals surface area contributed by atoms with E-state index in [1.807, 2.05) is 20.8 Å². The molecule has 6 unspecified atom stereocenters. The van der Waals surface area contributed by atoms with E-state index in [-0.39, 0.29) is 43.1 Å². The van der Waals surface area contributed by atoms with Gasteiger partial charge in [0.1, 0.15) is 0 Å². The highest BCUT2D eigenvalue weighted by molar-refractivity contribution is 4.79. The summed E-state index contributed by atoms with van der Waals surface area (Å²) in [7, 11) is 0. The summed E-state index contributed by atoms with van der Waals surface area (Å²) >= 11 is 0. The average Bonchev–Trinajstić information content (AvgIpc) is 2.56. The first-order chi connectivity index (χ1) is 11.9. The topological polar surface area (TPSA) is 86.6 Å². The Hall–Kier alpha value is -0.280. The van der Waals surface area contributed by atoms with Gasteiger partial charge in [-0.1, -0.05) is 0 Å². The molecule has 3 rings (SSSR count). The molecule has 0 amide bonds. The zero-order valence-corrected chi connectivity index (χ0v) is 15.4. The van der Waals surface area contributed by atoms with Gasteiger partial charge in [0.2, 0.25) is 0 Å². The van der Waals surface area contributed by atoms with Gasteiger partial charge in [-0.05, 0) is 40.0 Å². The lowest BCUT2D eigenvalue weighted by Crippen LogP contribution is -2.47. The van der Waals surface area contributed by atoms with Crippen molar-refractivity contribution < 1.29 is 33.9 Å². The van der Waals surface area contributed by atoms with Gasteiger partial charge in [0.05, 0.1) is 36.6 Å². The maximum atomic E-state index is 9.73. The molecule has 0 bridgehead atoms. The van der Waals surface area contributed by atoms with Crippen LogP contribution in [0.15, 0.2) is 0 Å². The molecule has 7 heteroatoms. The normalized spacial score (nSPS) is 49.1. The molecule has 0 aromatic rings. The van der Waals surface area contributed by atoms with Crippen LogP contribution in [0.5, 0.6) is 0 Å². The number of hydrogen-bond acceptors (Lipinski definition) is 7. The highest BCUT2D eigenvalue weighted by Crippen LogP contribution is 2.30. The van der Waals surface area contributed by atoms with Gasteiger partial charge in [0.15, 0.2) is 18.9 Å². The van der Waals surface area contributed by atoms with Gasteiger partial charge in [-0.15, -0.1) is 0 Å². The van der Waals surface area contributed by atoms with Crippen molar-refractivity contribution >= 4 is 0 Å². The van der Waals surface area contributed by atoms with Crippen LogP contribution in [-0.4, -0.2) is 65.7 Å². The number of hydrogen-bond donors (Lipinski definition) is 2. The van der Waals surface area contributed by atoms with Crippen LogP contribution in [0.3, 0.4) is 0 Å². The fourth-order valence-corrected chi connectivity index (χ4v) is 3.76. The smallest absolute Gasteiger partial charge is 0.158 e. The van der Waals surface area contributed by atoms with Crippen LogP contribution in [0, 0.1) is 0 Å². The Morgan fingerprint density at radius 1 is 0.640 bits per heavy atom. The lowest BCUT2D eigenvalue weighted by molar-refractivity contribution is -0.300. The molecule has 0 saturated carbocycles. The third-order valence-corrected chi connectivity index (χ3v) is 5.43. The van der Waals surface area contributed by atoms with Crippen LogP contribution >= 0.6 is 0 Å². The van der Waals surface area contributed by atoms with E-state index in [4.69, 9.17) is 23.7 Å². The first-order valence-electron chi connectivity index (χ1n) is 9.55. The molecule has 3 aliphatic heterocycles. The highest BCUT2D eigenvalue weighted by Gasteiger charge is 2.37. The SMILES string of the molecule is CC1O[C@H](OC2CC[C@@H](OC3CC[C@@H](O)OC3C)OC2C)CCC1O. The summed E-state index contributed by atoms with van der Waals surface area (Å²) in [4.78, 5) is 0. The summed E-state index contributed by atoms with van der Waals surface area (Å²) < 4.78 is 29.3. The molecule has 2 N–H and O–H groups in total. The average molecular weight is 360 g/mol. The molecule has 0 aromatic heterocycles. The molecule has 3 fully saturated rings. The summed E-state index contributed by atoms with van der Waals surface area (Å²) in [5.74, 6) is 0. The van der Waals surface area contributed by atoms with Crippen LogP contribution < -0.4 is 0 Å². The van der Waals surface area contributed by atoms with Crippen LogP contribution in [0.4, 0.5) is 0 Å². The van der Waals surface area contributed by atoms with Crippen molar-refractivity contribution in [2.24, 2.45) is 0 Å². The Bertz CT molecular complexity index is 420. The van der Waals surface area contributed by atoms with E-state index < -0.39 is 12.4 Å². The van der Waals surface area contributed by atoms with E-state index in [9.17, 15) is 10.2 Å². The second kappa shape index (κ2) is 8.61. The van der Waals surface area contributed by atoms with E-state index in [1.165, 1.54) is 0 Å². The van der Waals surface area contributed by atoms with Gasteiger partial charge in [-0.25, -0.2) is 0 Å². The third kappa shape index (κ3) is 5.13. The van der Waals surface area contributed by atoms with Gasteiger partial charge >= 0.3 is 0 Å².